The molecule has 2 aromatic rings. The molecule has 3 N–H and O–H groups in total. The van der Waals surface area contributed by atoms with Crippen molar-refractivity contribution < 1.29 is 42.5 Å². The lowest BCUT2D eigenvalue weighted by molar-refractivity contribution is -0.0518. The highest BCUT2D eigenvalue weighted by Gasteiger charge is 2.46. The number of aliphatic hydroxyl groups excluding tert-OH is 2. The Labute approximate surface area is 225 Å². The summed E-state index contributed by atoms with van der Waals surface area (Å²) in [7, 11) is -7.23. The lowest BCUT2D eigenvalue weighted by Crippen LogP contribution is -2.43. The lowest BCUT2D eigenvalue weighted by Gasteiger charge is -2.19. The second-order valence-corrected chi connectivity index (χ2v) is 11.6. The number of aliphatic hydroxyl groups is 2. The first kappa shape index (κ1) is 31.4. The van der Waals surface area contributed by atoms with Gasteiger partial charge in [0.05, 0.1) is 12.2 Å². The van der Waals surface area contributed by atoms with Crippen LogP contribution in [-0.4, -0.2) is 84.7 Å². The molecule has 7 atom stereocenters. The fraction of sp³-hybridized carbons (Fsp3) is 0.591. The standard InChI is InChI=1S/C22H32N4O11P2/c1-4-24(5-2)14-35-39(32,33)37-15(3)38(31)34-13-17-19(28)20(29)21(36-17)25-11-9-18(27)26(22(25)30)12-16-8-6-7-10-23-16/h6-11,15,17,19-21,28-29H,4-5,12-14H2,1-3H3/p+1/t15-,17?,19?,20?,21?/m0/s1. The van der Waals surface area contributed by atoms with Crippen LogP contribution in [0.25, 0.3) is 0 Å². The maximum atomic E-state index is 13.0. The molecule has 0 radical (unpaired) electrons. The number of nitrogens with zero attached hydrogens (tertiary/aromatic N) is 4. The number of hydrogen-bond acceptors (Lipinski definition) is 12. The van der Waals surface area contributed by atoms with Gasteiger partial charge in [0.2, 0.25) is 0 Å². The van der Waals surface area contributed by atoms with Crippen molar-refractivity contribution in [2.45, 2.75) is 57.7 Å². The topological polar surface area (TPSA) is 192 Å². The Hall–Kier alpha value is -2.16. The molecule has 3 heterocycles. The Bertz CT molecular complexity index is 1270. The monoisotopic (exact) mass is 591 g/mol. The normalized spacial score (nSPS) is 24.0. The third-order valence-electron chi connectivity index (χ3n) is 6.00. The second kappa shape index (κ2) is 14.0. The van der Waals surface area contributed by atoms with Crippen molar-refractivity contribution in [3.63, 3.8) is 0 Å². The van der Waals surface area contributed by atoms with Crippen LogP contribution < -0.4 is 11.2 Å². The van der Waals surface area contributed by atoms with Gasteiger partial charge in [0.1, 0.15) is 31.6 Å². The van der Waals surface area contributed by atoms with Crippen LogP contribution in [0.5, 0.6) is 0 Å². The number of aromatic nitrogens is 3. The maximum Gasteiger partial charge on any atom is 0.540 e. The molecule has 0 bridgehead atoms. The summed E-state index contributed by atoms with van der Waals surface area (Å²) in [5.74, 6) is -1.36. The zero-order chi connectivity index (χ0) is 28.7. The van der Waals surface area contributed by atoms with Crippen molar-refractivity contribution in [3.8, 4) is 0 Å². The van der Waals surface area contributed by atoms with Crippen LogP contribution in [0.1, 0.15) is 32.7 Å². The van der Waals surface area contributed by atoms with E-state index in [4.69, 9.17) is 18.3 Å². The molecular weight excluding hydrogens is 558 g/mol. The van der Waals surface area contributed by atoms with Gasteiger partial charge >= 0.3 is 21.5 Å². The summed E-state index contributed by atoms with van der Waals surface area (Å²) in [6, 6.07) is 6.14. The largest absolute Gasteiger partial charge is 0.540 e. The minimum atomic E-state index is -4.54. The van der Waals surface area contributed by atoms with E-state index in [1.54, 1.807) is 23.1 Å². The molecule has 1 fully saturated rings. The van der Waals surface area contributed by atoms with Gasteiger partial charge in [-0.05, 0) is 29.8 Å². The molecule has 216 valence electrons. The van der Waals surface area contributed by atoms with Crippen molar-refractivity contribution in [1.82, 2.24) is 19.0 Å². The van der Waals surface area contributed by atoms with Gasteiger partial charge in [-0.25, -0.2) is 13.9 Å². The van der Waals surface area contributed by atoms with Gasteiger partial charge in [0.15, 0.2) is 6.23 Å². The predicted molar refractivity (Wildman–Crippen MR) is 137 cm³/mol. The molecular formula is C22H33N4O11P2+. The van der Waals surface area contributed by atoms with E-state index in [2.05, 4.69) is 4.98 Å². The molecule has 3 rings (SSSR count). The Morgan fingerprint density at radius 1 is 1.21 bits per heavy atom. The molecule has 1 saturated heterocycles. The van der Waals surface area contributed by atoms with E-state index < -0.39 is 64.1 Å². The Morgan fingerprint density at radius 2 is 1.92 bits per heavy atom. The van der Waals surface area contributed by atoms with Crippen molar-refractivity contribution in [3.05, 3.63) is 63.2 Å². The fourth-order valence-electron chi connectivity index (χ4n) is 3.70. The molecule has 0 spiro atoms. The molecule has 0 aliphatic carbocycles. The second-order valence-electron chi connectivity index (χ2n) is 8.61. The number of phosphoric acid groups is 1. The van der Waals surface area contributed by atoms with E-state index in [1.165, 1.54) is 13.1 Å². The van der Waals surface area contributed by atoms with Crippen LogP contribution in [0.15, 0.2) is 46.2 Å². The number of rotatable bonds is 14. The zero-order valence-corrected chi connectivity index (χ0v) is 23.5. The molecule has 15 nitrogen and oxygen atoms in total. The molecule has 1 aliphatic heterocycles. The van der Waals surface area contributed by atoms with E-state index in [0.717, 1.165) is 21.4 Å². The van der Waals surface area contributed by atoms with Crippen molar-refractivity contribution >= 4 is 15.9 Å². The van der Waals surface area contributed by atoms with Gasteiger partial charge < -0.3 is 19.8 Å². The van der Waals surface area contributed by atoms with Gasteiger partial charge in [0.25, 0.3) is 11.4 Å². The molecule has 17 heteroatoms. The summed E-state index contributed by atoms with van der Waals surface area (Å²) >= 11 is 0. The first-order chi connectivity index (χ1) is 18.5. The summed E-state index contributed by atoms with van der Waals surface area (Å²) in [5.41, 5.74) is -0.940. The summed E-state index contributed by atoms with van der Waals surface area (Å²) in [6.45, 7) is 5.31. The number of hydrogen-bond donors (Lipinski definition) is 3. The maximum absolute atomic E-state index is 13.0. The van der Waals surface area contributed by atoms with Gasteiger partial charge in [0, 0.05) is 25.4 Å². The molecule has 0 aromatic carbocycles. The molecule has 0 saturated carbocycles. The van der Waals surface area contributed by atoms with Crippen LogP contribution in [0, 0.1) is 0 Å². The molecule has 2 aromatic heterocycles. The lowest BCUT2D eigenvalue weighted by atomic mass is 10.1. The van der Waals surface area contributed by atoms with Crippen LogP contribution in [-0.2, 0) is 34.0 Å². The summed E-state index contributed by atoms with van der Waals surface area (Å²) in [6.07, 6.45) is -3.08. The SMILES string of the molecule is CCN(CC)COP(=O)(O)O[C@H](C)[P+](=O)OCC1OC(n2ccc(=O)n(Cc3ccccn3)c2=O)C(O)C1O. The Balaban J connectivity index is 1.62. The predicted octanol–water partition coefficient (Wildman–Crippen LogP) is 0.610. The third-order valence-corrected chi connectivity index (χ3v) is 8.29. The molecule has 1 aliphatic rings. The van der Waals surface area contributed by atoms with E-state index in [-0.39, 0.29) is 13.3 Å². The average Bonchev–Trinajstić information content (AvgIpc) is 3.19. The van der Waals surface area contributed by atoms with Crippen molar-refractivity contribution in [1.29, 1.82) is 0 Å². The van der Waals surface area contributed by atoms with Crippen molar-refractivity contribution in [2.24, 2.45) is 0 Å². The highest BCUT2D eigenvalue weighted by atomic mass is 31.2. The Kier molecular flexibility index (Phi) is 11.2. The van der Waals surface area contributed by atoms with Crippen LogP contribution in [0.4, 0.5) is 0 Å². The Morgan fingerprint density at radius 3 is 2.56 bits per heavy atom. The highest BCUT2D eigenvalue weighted by Crippen LogP contribution is 2.49. The fourth-order valence-corrected chi connectivity index (χ4v) is 5.62. The summed E-state index contributed by atoms with van der Waals surface area (Å²) in [5, 5.41) is 21.0. The number of phosphoric ester groups is 1. The molecule has 39 heavy (non-hydrogen) atoms. The van der Waals surface area contributed by atoms with Gasteiger partial charge in [-0.15, -0.1) is 4.52 Å². The van der Waals surface area contributed by atoms with E-state index in [0.29, 0.717) is 18.8 Å². The van der Waals surface area contributed by atoms with Crippen LogP contribution in [0.2, 0.25) is 0 Å². The van der Waals surface area contributed by atoms with Gasteiger partial charge in [-0.1, -0.05) is 19.9 Å². The van der Waals surface area contributed by atoms with Gasteiger partial charge in [-0.2, -0.15) is 0 Å². The quantitative estimate of drug-likeness (QED) is 0.205. The number of pyridine rings is 1. The summed E-state index contributed by atoms with van der Waals surface area (Å²) in [4.78, 5) is 41.1. The van der Waals surface area contributed by atoms with E-state index >= 15 is 0 Å². The summed E-state index contributed by atoms with van der Waals surface area (Å²) < 4.78 is 47.1. The van der Waals surface area contributed by atoms with E-state index in [9.17, 15) is 33.8 Å². The molecule has 6 unspecified atom stereocenters. The third kappa shape index (κ3) is 8.18. The minimum Gasteiger partial charge on any atom is -0.387 e. The average molecular weight is 591 g/mol. The first-order valence-electron chi connectivity index (χ1n) is 12.2. The minimum absolute atomic E-state index is 0.122. The highest BCUT2D eigenvalue weighted by molar-refractivity contribution is 7.48. The molecule has 0 amide bonds. The van der Waals surface area contributed by atoms with Crippen LogP contribution >= 0.6 is 15.9 Å². The van der Waals surface area contributed by atoms with E-state index in [1.807, 2.05) is 13.8 Å². The van der Waals surface area contributed by atoms with Crippen LogP contribution in [0.3, 0.4) is 0 Å². The first-order valence-corrected chi connectivity index (χ1v) is 14.9. The zero-order valence-electron chi connectivity index (χ0n) is 21.7. The smallest absolute Gasteiger partial charge is 0.387 e. The van der Waals surface area contributed by atoms with Gasteiger partial charge in [-0.3, -0.25) is 28.3 Å². The number of ether oxygens (including phenoxy) is 1. The van der Waals surface area contributed by atoms with Crippen molar-refractivity contribution in [2.75, 3.05) is 26.4 Å².